The van der Waals surface area contributed by atoms with Gasteiger partial charge < -0.3 is 10.1 Å². The van der Waals surface area contributed by atoms with Crippen molar-refractivity contribution in [3.63, 3.8) is 0 Å². The molecular formula is C10H15NO3. The summed E-state index contributed by atoms with van der Waals surface area (Å²) in [5.41, 5.74) is 0. The molecule has 0 heterocycles. The van der Waals surface area contributed by atoms with Crippen LogP contribution in [0.5, 0.6) is 0 Å². The van der Waals surface area contributed by atoms with Crippen molar-refractivity contribution in [3.05, 3.63) is 12.7 Å². The standard InChI is InChI=1S/C10H15NO3/c1-3-4-8(10(13)14-2)11-9(12)7-5-6-7/h3,7-8H,1,4-6H2,2H3,(H,11,12)/t8-/m0/s1. The number of hydrogen-bond donors (Lipinski definition) is 1. The maximum atomic E-state index is 11.4. The van der Waals surface area contributed by atoms with Gasteiger partial charge in [-0.1, -0.05) is 6.08 Å². The Morgan fingerprint density at radius 2 is 2.29 bits per heavy atom. The molecule has 0 aliphatic heterocycles. The smallest absolute Gasteiger partial charge is 0.328 e. The molecule has 4 nitrogen and oxygen atoms in total. The van der Waals surface area contributed by atoms with E-state index in [1.165, 1.54) is 7.11 Å². The van der Waals surface area contributed by atoms with Crippen LogP contribution in [0.4, 0.5) is 0 Å². The monoisotopic (exact) mass is 197 g/mol. The Labute approximate surface area is 83.3 Å². The molecular weight excluding hydrogens is 182 g/mol. The largest absolute Gasteiger partial charge is 0.467 e. The minimum absolute atomic E-state index is 0.0535. The van der Waals surface area contributed by atoms with E-state index in [0.29, 0.717) is 6.42 Å². The van der Waals surface area contributed by atoms with E-state index in [9.17, 15) is 9.59 Å². The normalized spacial score (nSPS) is 16.9. The molecule has 0 aromatic rings. The van der Waals surface area contributed by atoms with Crippen LogP contribution in [0.15, 0.2) is 12.7 Å². The van der Waals surface area contributed by atoms with Gasteiger partial charge in [-0.25, -0.2) is 4.79 Å². The topological polar surface area (TPSA) is 55.4 Å². The Hall–Kier alpha value is -1.32. The number of methoxy groups -OCH3 is 1. The zero-order valence-electron chi connectivity index (χ0n) is 8.29. The molecule has 1 N–H and O–H groups in total. The van der Waals surface area contributed by atoms with Gasteiger partial charge in [-0.05, 0) is 19.3 Å². The third-order valence-corrected chi connectivity index (χ3v) is 2.15. The summed E-state index contributed by atoms with van der Waals surface area (Å²) in [4.78, 5) is 22.6. The van der Waals surface area contributed by atoms with Crippen molar-refractivity contribution in [2.45, 2.75) is 25.3 Å². The number of esters is 1. The fourth-order valence-electron chi connectivity index (χ4n) is 1.16. The van der Waals surface area contributed by atoms with Crippen LogP contribution in [-0.4, -0.2) is 25.0 Å². The third-order valence-electron chi connectivity index (χ3n) is 2.15. The average Bonchev–Trinajstić information content (AvgIpc) is 2.99. The van der Waals surface area contributed by atoms with Crippen molar-refractivity contribution in [1.29, 1.82) is 0 Å². The quantitative estimate of drug-likeness (QED) is 0.519. The molecule has 0 saturated heterocycles. The highest BCUT2D eigenvalue weighted by Crippen LogP contribution is 2.28. The number of amides is 1. The Kier molecular flexibility index (Phi) is 3.68. The van der Waals surface area contributed by atoms with E-state index in [0.717, 1.165) is 12.8 Å². The molecule has 1 aliphatic rings. The second kappa shape index (κ2) is 4.79. The van der Waals surface area contributed by atoms with Gasteiger partial charge in [-0.3, -0.25) is 4.79 Å². The van der Waals surface area contributed by atoms with Crippen molar-refractivity contribution >= 4 is 11.9 Å². The van der Waals surface area contributed by atoms with Gasteiger partial charge in [0.2, 0.25) is 5.91 Å². The Balaban J connectivity index is 2.44. The van der Waals surface area contributed by atoms with Crippen molar-refractivity contribution < 1.29 is 14.3 Å². The average molecular weight is 197 g/mol. The number of carbonyl (C=O) groups excluding carboxylic acids is 2. The summed E-state index contributed by atoms with van der Waals surface area (Å²) in [6.45, 7) is 3.53. The number of rotatable bonds is 5. The molecule has 1 atom stereocenters. The summed E-state index contributed by atoms with van der Waals surface area (Å²) in [6.07, 6.45) is 3.85. The summed E-state index contributed by atoms with van der Waals surface area (Å²) in [6, 6.07) is -0.578. The summed E-state index contributed by atoms with van der Waals surface area (Å²) < 4.78 is 4.56. The molecule has 1 rings (SSSR count). The lowest BCUT2D eigenvalue weighted by Gasteiger charge is -2.14. The summed E-state index contributed by atoms with van der Waals surface area (Å²) in [5, 5.41) is 2.65. The van der Waals surface area contributed by atoms with Crippen LogP contribution in [0.2, 0.25) is 0 Å². The van der Waals surface area contributed by atoms with Crippen LogP contribution in [0.1, 0.15) is 19.3 Å². The first-order valence-electron chi connectivity index (χ1n) is 4.68. The molecule has 0 spiro atoms. The zero-order chi connectivity index (χ0) is 10.6. The first-order chi connectivity index (χ1) is 6.69. The van der Waals surface area contributed by atoms with Gasteiger partial charge in [0.15, 0.2) is 0 Å². The predicted octanol–water partition coefficient (Wildman–Crippen LogP) is 0.630. The Bertz CT molecular complexity index is 246. The highest BCUT2D eigenvalue weighted by atomic mass is 16.5. The fourth-order valence-corrected chi connectivity index (χ4v) is 1.16. The molecule has 14 heavy (non-hydrogen) atoms. The lowest BCUT2D eigenvalue weighted by molar-refractivity contribution is -0.145. The van der Waals surface area contributed by atoms with E-state index < -0.39 is 12.0 Å². The lowest BCUT2D eigenvalue weighted by Crippen LogP contribution is -2.41. The highest BCUT2D eigenvalue weighted by Gasteiger charge is 2.32. The Morgan fingerprint density at radius 1 is 1.64 bits per heavy atom. The fraction of sp³-hybridized carbons (Fsp3) is 0.600. The highest BCUT2D eigenvalue weighted by molar-refractivity contribution is 5.86. The van der Waals surface area contributed by atoms with Crippen LogP contribution < -0.4 is 5.32 Å². The number of hydrogen-bond acceptors (Lipinski definition) is 3. The van der Waals surface area contributed by atoms with E-state index in [1.807, 2.05) is 0 Å². The van der Waals surface area contributed by atoms with Crippen molar-refractivity contribution in [1.82, 2.24) is 5.32 Å². The van der Waals surface area contributed by atoms with Crippen LogP contribution in [0.25, 0.3) is 0 Å². The summed E-state index contributed by atoms with van der Waals surface area (Å²) in [7, 11) is 1.31. The molecule has 1 saturated carbocycles. The van der Waals surface area contributed by atoms with Gasteiger partial charge >= 0.3 is 5.97 Å². The first-order valence-corrected chi connectivity index (χ1v) is 4.68. The predicted molar refractivity (Wildman–Crippen MR) is 51.5 cm³/mol. The maximum absolute atomic E-state index is 11.4. The molecule has 78 valence electrons. The third kappa shape index (κ3) is 2.87. The molecule has 0 radical (unpaired) electrons. The molecule has 0 aromatic heterocycles. The van der Waals surface area contributed by atoms with Gasteiger partial charge in [0.25, 0.3) is 0 Å². The minimum Gasteiger partial charge on any atom is -0.467 e. The molecule has 0 unspecified atom stereocenters. The second-order valence-electron chi connectivity index (χ2n) is 3.38. The number of carbonyl (C=O) groups is 2. The SMILES string of the molecule is C=CC[C@H](NC(=O)C1CC1)C(=O)OC. The molecule has 1 aliphatic carbocycles. The number of ether oxygens (including phenoxy) is 1. The van der Waals surface area contributed by atoms with Crippen molar-refractivity contribution in [2.24, 2.45) is 5.92 Å². The van der Waals surface area contributed by atoms with Crippen molar-refractivity contribution in [2.75, 3.05) is 7.11 Å². The summed E-state index contributed by atoms with van der Waals surface area (Å²) >= 11 is 0. The van der Waals surface area contributed by atoms with E-state index in [1.54, 1.807) is 6.08 Å². The van der Waals surface area contributed by atoms with Gasteiger partial charge in [0, 0.05) is 5.92 Å². The van der Waals surface area contributed by atoms with Gasteiger partial charge in [0.05, 0.1) is 7.11 Å². The molecule has 0 bridgehead atoms. The van der Waals surface area contributed by atoms with Gasteiger partial charge in [0.1, 0.15) is 6.04 Å². The van der Waals surface area contributed by atoms with E-state index in [4.69, 9.17) is 0 Å². The molecule has 1 amide bonds. The van der Waals surface area contributed by atoms with Crippen LogP contribution in [0.3, 0.4) is 0 Å². The maximum Gasteiger partial charge on any atom is 0.328 e. The van der Waals surface area contributed by atoms with E-state index in [2.05, 4.69) is 16.6 Å². The molecule has 0 aromatic carbocycles. The van der Waals surface area contributed by atoms with E-state index in [-0.39, 0.29) is 11.8 Å². The van der Waals surface area contributed by atoms with Crippen LogP contribution in [0, 0.1) is 5.92 Å². The van der Waals surface area contributed by atoms with E-state index >= 15 is 0 Å². The second-order valence-corrected chi connectivity index (χ2v) is 3.38. The Morgan fingerprint density at radius 3 is 2.71 bits per heavy atom. The van der Waals surface area contributed by atoms with Gasteiger partial charge in [-0.2, -0.15) is 0 Å². The van der Waals surface area contributed by atoms with Crippen molar-refractivity contribution in [3.8, 4) is 0 Å². The molecule has 1 fully saturated rings. The van der Waals surface area contributed by atoms with Gasteiger partial charge in [-0.15, -0.1) is 6.58 Å². The van der Waals surface area contributed by atoms with Crippen LogP contribution >= 0.6 is 0 Å². The zero-order valence-corrected chi connectivity index (χ0v) is 8.29. The summed E-state index contributed by atoms with van der Waals surface area (Å²) in [5.74, 6) is -0.367. The lowest BCUT2D eigenvalue weighted by atomic mass is 10.2. The number of nitrogens with one attached hydrogen (secondary N) is 1. The molecule has 4 heteroatoms. The first kappa shape index (κ1) is 10.8. The van der Waals surface area contributed by atoms with Crippen LogP contribution in [-0.2, 0) is 14.3 Å². The minimum atomic E-state index is -0.578.